The Hall–Kier alpha value is -3.73. The van der Waals surface area contributed by atoms with Crippen LogP contribution in [0.1, 0.15) is 46.8 Å². The molecule has 0 bridgehead atoms. The molecule has 3 N–H and O–H groups in total. The number of hydrogen-bond acceptors (Lipinski definition) is 2. The number of allylic oxidation sites excluding steroid dienone is 3. The molecule has 0 fully saturated rings. The quantitative estimate of drug-likeness (QED) is 0.321. The first-order chi connectivity index (χ1) is 15.9. The highest BCUT2D eigenvalue weighted by Gasteiger charge is 2.45. The lowest BCUT2D eigenvalue weighted by molar-refractivity contribution is 0.0694. The minimum absolute atomic E-state index is 0.188. The maximum absolute atomic E-state index is 14.1. The van der Waals surface area contributed by atoms with Crippen molar-refractivity contribution in [2.75, 3.05) is 0 Å². The van der Waals surface area contributed by atoms with Crippen LogP contribution in [-0.2, 0) is 11.8 Å². The molecule has 1 aliphatic rings. The van der Waals surface area contributed by atoms with Crippen molar-refractivity contribution in [3.05, 3.63) is 118 Å². The summed E-state index contributed by atoms with van der Waals surface area (Å²) in [6.45, 7) is 1.95. The van der Waals surface area contributed by atoms with Crippen LogP contribution >= 0.6 is 0 Å². The number of carboxylic acids is 1. The molecule has 1 atom stereocenters. The van der Waals surface area contributed by atoms with Crippen molar-refractivity contribution in [2.24, 2.45) is 5.73 Å². The third kappa shape index (κ3) is 4.19. The zero-order chi connectivity index (χ0) is 23.6. The molecule has 1 unspecified atom stereocenters. The molecule has 0 radical (unpaired) electrons. The predicted molar refractivity (Wildman–Crippen MR) is 126 cm³/mol. The molecule has 3 nitrogen and oxygen atoms in total. The van der Waals surface area contributed by atoms with E-state index in [1.807, 2.05) is 49.4 Å². The van der Waals surface area contributed by atoms with Crippen molar-refractivity contribution in [1.29, 1.82) is 0 Å². The second-order valence-electron chi connectivity index (χ2n) is 8.36. The van der Waals surface area contributed by atoms with Gasteiger partial charge in [-0.05, 0) is 76.9 Å². The highest BCUT2D eigenvalue weighted by molar-refractivity contribution is 5.96. The van der Waals surface area contributed by atoms with Gasteiger partial charge in [0, 0.05) is 5.41 Å². The highest BCUT2D eigenvalue weighted by atomic mass is 19.1. The van der Waals surface area contributed by atoms with Crippen LogP contribution in [0.4, 0.5) is 8.78 Å². The van der Waals surface area contributed by atoms with E-state index < -0.39 is 17.3 Å². The first kappa shape index (κ1) is 22.5. The van der Waals surface area contributed by atoms with Gasteiger partial charge in [-0.25, -0.2) is 9.18 Å². The van der Waals surface area contributed by atoms with Gasteiger partial charge in [0.2, 0.25) is 0 Å². The van der Waals surface area contributed by atoms with Crippen molar-refractivity contribution in [1.82, 2.24) is 0 Å². The molecule has 0 spiro atoms. The largest absolute Gasteiger partial charge is 0.478 e. The minimum atomic E-state index is -1.04. The van der Waals surface area contributed by atoms with Crippen LogP contribution in [-0.4, -0.2) is 11.1 Å². The van der Waals surface area contributed by atoms with Crippen LogP contribution in [0.5, 0.6) is 0 Å². The monoisotopic (exact) mass is 445 g/mol. The Morgan fingerprint density at radius 1 is 1.06 bits per heavy atom. The van der Waals surface area contributed by atoms with E-state index in [2.05, 4.69) is 0 Å². The van der Waals surface area contributed by atoms with Gasteiger partial charge in [0.15, 0.2) is 5.95 Å². The molecule has 0 aromatic heterocycles. The molecule has 0 saturated heterocycles. The number of fused-ring (bicyclic) bond motifs is 3. The van der Waals surface area contributed by atoms with Crippen molar-refractivity contribution < 1.29 is 18.7 Å². The van der Waals surface area contributed by atoms with E-state index >= 15 is 0 Å². The summed E-state index contributed by atoms with van der Waals surface area (Å²) in [5.74, 6) is -2.21. The van der Waals surface area contributed by atoms with E-state index in [1.54, 1.807) is 18.2 Å². The summed E-state index contributed by atoms with van der Waals surface area (Å²) in [6, 6.07) is 19.3. The van der Waals surface area contributed by atoms with Crippen molar-refractivity contribution >= 4 is 5.97 Å². The number of rotatable bonds is 7. The number of hydrogen-bond donors (Lipinski definition) is 2. The number of benzene rings is 3. The predicted octanol–water partition coefficient (Wildman–Crippen LogP) is 6.53. The molecule has 0 amide bonds. The normalized spacial score (nSPS) is 17.5. The average Bonchev–Trinajstić information content (AvgIpc) is 3.03. The van der Waals surface area contributed by atoms with E-state index in [9.17, 15) is 18.7 Å². The van der Waals surface area contributed by atoms with E-state index in [0.717, 1.165) is 22.3 Å². The second-order valence-corrected chi connectivity index (χ2v) is 8.36. The maximum atomic E-state index is 14.1. The Morgan fingerprint density at radius 3 is 2.48 bits per heavy atom. The van der Waals surface area contributed by atoms with Crippen LogP contribution in [0.15, 0.2) is 90.4 Å². The summed E-state index contributed by atoms with van der Waals surface area (Å²) in [7, 11) is 0. The van der Waals surface area contributed by atoms with Gasteiger partial charge in [0.1, 0.15) is 5.82 Å². The maximum Gasteiger partial charge on any atom is 0.336 e. The van der Waals surface area contributed by atoms with E-state index in [0.29, 0.717) is 30.4 Å². The first-order valence-corrected chi connectivity index (χ1v) is 10.9. The fraction of sp³-hybridized carbons (Fsp3) is 0.179. The van der Waals surface area contributed by atoms with Crippen LogP contribution in [0.3, 0.4) is 0 Å². The number of aromatic carboxylic acids is 1. The van der Waals surface area contributed by atoms with Gasteiger partial charge in [-0.3, -0.25) is 0 Å². The third-order valence-corrected chi connectivity index (χ3v) is 6.20. The first-order valence-electron chi connectivity index (χ1n) is 10.9. The number of carboxylic acid groups (broad SMARTS) is 1. The lowest BCUT2D eigenvalue weighted by atomic mass is 9.68. The Bertz CT molecular complexity index is 1270. The third-order valence-electron chi connectivity index (χ3n) is 6.20. The Kier molecular flexibility index (Phi) is 6.14. The number of nitrogens with two attached hydrogens (primary N) is 1. The molecule has 0 aliphatic heterocycles. The molecule has 3 aromatic carbocycles. The molecule has 5 heteroatoms. The van der Waals surface area contributed by atoms with Gasteiger partial charge in [-0.1, -0.05) is 61.5 Å². The minimum Gasteiger partial charge on any atom is -0.478 e. The molecule has 1 aliphatic carbocycles. The number of halogens is 2. The smallest absolute Gasteiger partial charge is 0.336 e. The summed E-state index contributed by atoms with van der Waals surface area (Å²) in [5.41, 5.74) is 9.48. The molecular formula is C28H25F2NO2. The van der Waals surface area contributed by atoms with Crippen LogP contribution < -0.4 is 5.73 Å². The van der Waals surface area contributed by atoms with Crippen molar-refractivity contribution in [3.63, 3.8) is 0 Å². The van der Waals surface area contributed by atoms with Crippen molar-refractivity contribution in [2.45, 2.75) is 31.6 Å². The van der Waals surface area contributed by atoms with Gasteiger partial charge in [-0.2, -0.15) is 4.39 Å². The summed E-state index contributed by atoms with van der Waals surface area (Å²) < 4.78 is 27.9. The molecule has 168 valence electrons. The molecule has 3 aromatic rings. The second kappa shape index (κ2) is 9.02. The van der Waals surface area contributed by atoms with Gasteiger partial charge >= 0.3 is 5.97 Å². The Morgan fingerprint density at radius 2 is 1.79 bits per heavy atom. The molecule has 0 saturated carbocycles. The van der Waals surface area contributed by atoms with E-state index in [-0.39, 0.29) is 11.4 Å². The van der Waals surface area contributed by atoms with Crippen LogP contribution in [0.2, 0.25) is 0 Å². The Labute approximate surface area is 191 Å². The average molecular weight is 446 g/mol. The van der Waals surface area contributed by atoms with Crippen LogP contribution in [0, 0.1) is 5.82 Å². The van der Waals surface area contributed by atoms with Crippen LogP contribution in [0.25, 0.3) is 11.1 Å². The SMILES string of the molecule is CC/C=C(\C=C(/N)F)CC1(Cc2cccc(F)c2)c2ccccc2-c2cccc(C(=O)O)c21. The molecular weight excluding hydrogens is 420 g/mol. The molecule has 4 rings (SSSR count). The fourth-order valence-corrected chi connectivity index (χ4v) is 5.14. The number of carbonyl (C=O) groups is 1. The zero-order valence-electron chi connectivity index (χ0n) is 18.3. The zero-order valence-corrected chi connectivity index (χ0v) is 18.3. The summed E-state index contributed by atoms with van der Waals surface area (Å²) in [4.78, 5) is 12.3. The van der Waals surface area contributed by atoms with Gasteiger partial charge in [-0.15, -0.1) is 0 Å². The van der Waals surface area contributed by atoms with Gasteiger partial charge in [0.05, 0.1) is 5.56 Å². The molecule has 33 heavy (non-hydrogen) atoms. The van der Waals surface area contributed by atoms with E-state index in [4.69, 9.17) is 5.73 Å². The summed E-state index contributed by atoms with van der Waals surface area (Å²) in [6.07, 6.45) is 4.51. The topological polar surface area (TPSA) is 63.3 Å². The lowest BCUT2D eigenvalue weighted by Gasteiger charge is -2.34. The Balaban J connectivity index is 2.05. The highest BCUT2D eigenvalue weighted by Crippen LogP contribution is 2.55. The molecule has 0 heterocycles. The van der Waals surface area contributed by atoms with Crippen molar-refractivity contribution in [3.8, 4) is 11.1 Å². The van der Waals surface area contributed by atoms with E-state index in [1.165, 1.54) is 18.2 Å². The van der Waals surface area contributed by atoms with Gasteiger partial charge in [0.25, 0.3) is 0 Å². The summed E-state index contributed by atoms with van der Waals surface area (Å²) in [5, 5.41) is 10.1. The lowest BCUT2D eigenvalue weighted by Crippen LogP contribution is -2.31. The summed E-state index contributed by atoms with van der Waals surface area (Å²) >= 11 is 0. The standard InChI is InChI=1S/C28H25F2NO2/c1-2-7-18(15-25(30)31)16-28(17-19-8-5-9-20(29)14-19)24-13-4-3-10-21(24)22-11-6-12-23(26(22)28)27(32)33/h3-15H,2,16-17,31H2,1H3,(H,32,33)/b18-7+,25-15-. The fourth-order valence-electron chi connectivity index (χ4n) is 5.14. The van der Waals surface area contributed by atoms with Gasteiger partial charge < -0.3 is 10.8 Å².